The van der Waals surface area contributed by atoms with Crippen molar-refractivity contribution < 1.29 is 46.6 Å². The van der Waals surface area contributed by atoms with Crippen LogP contribution < -0.4 is 25.2 Å². The standard InChI is InChI=1S/C52H51F4N11O6S2/c1-29-44(75-28-60-29)32-9-7-30(8-10-32)23-59-46(70)40-21-36(68)26-65(40)47(71)45(50(2,3)4)61-41(69)19-20-64-25-34(62-63-64)27-73-37-15-11-31(12-16-37)38-17-14-35(24-58-38)67-49(74)66(48(72)51(67,5)6)39-18-13-33(22-57)42(43(39)53)52(54,55)56/h7-18,24-25,28,36,40,45,68H,19-21,23,26-27H2,1-6H3,(H,59,70)(H,61,69)/t36-,40+,45-/m1/s1. The highest BCUT2D eigenvalue weighted by Crippen LogP contribution is 2.42. The van der Waals surface area contributed by atoms with Crippen LogP contribution in [-0.4, -0.2) is 94.0 Å². The van der Waals surface area contributed by atoms with Gasteiger partial charge in [0.05, 0.1) is 69.8 Å². The zero-order valence-electron chi connectivity index (χ0n) is 41.5. The highest BCUT2D eigenvalue weighted by molar-refractivity contribution is 7.81. The number of nitriles is 1. The number of ether oxygens (including phenoxy) is 1. The van der Waals surface area contributed by atoms with Crippen molar-refractivity contribution in [3.63, 3.8) is 0 Å². The third-order valence-corrected chi connectivity index (χ3v) is 14.2. The second-order valence-corrected chi connectivity index (χ2v) is 20.9. The van der Waals surface area contributed by atoms with Gasteiger partial charge in [-0.2, -0.15) is 18.4 Å². The number of hydrogen-bond acceptors (Lipinski definition) is 13. The van der Waals surface area contributed by atoms with Crippen LogP contribution in [0.25, 0.3) is 21.7 Å². The number of nitrogens with zero attached hydrogens (tertiary/aromatic N) is 9. The number of anilines is 2. The Morgan fingerprint density at radius 3 is 2.35 bits per heavy atom. The molecule has 4 amide bonds. The fraction of sp³-hybridized carbons (Fsp3) is 0.346. The molecule has 0 spiro atoms. The molecule has 3 N–H and O–H groups in total. The number of aromatic nitrogens is 5. The third kappa shape index (κ3) is 11.4. The van der Waals surface area contributed by atoms with Crippen molar-refractivity contribution in [2.24, 2.45) is 5.41 Å². The minimum absolute atomic E-state index is 0.0418. The van der Waals surface area contributed by atoms with Crippen LogP contribution in [0.1, 0.15) is 75.5 Å². The summed E-state index contributed by atoms with van der Waals surface area (Å²) in [6.45, 7) is 10.7. The van der Waals surface area contributed by atoms with Crippen LogP contribution in [0.5, 0.6) is 5.75 Å². The van der Waals surface area contributed by atoms with Gasteiger partial charge in [-0.05, 0) is 98.1 Å². The number of carbonyl (C=O) groups excluding carboxylic acids is 4. The van der Waals surface area contributed by atoms with E-state index >= 15 is 4.39 Å². The van der Waals surface area contributed by atoms with E-state index < -0.39 is 81.6 Å². The van der Waals surface area contributed by atoms with E-state index in [1.165, 1.54) is 40.6 Å². The molecule has 2 aliphatic rings. The van der Waals surface area contributed by atoms with E-state index in [0.717, 1.165) is 33.8 Å². The molecule has 75 heavy (non-hydrogen) atoms. The average Bonchev–Trinajstić information content (AvgIpc) is 4.16. The largest absolute Gasteiger partial charge is 0.487 e. The summed E-state index contributed by atoms with van der Waals surface area (Å²) in [7, 11) is 0. The summed E-state index contributed by atoms with van der Waals surface area (Å²) in [5, 5.41) is 33.6. The Labute approximate surface area is 438 Å². The summed E-state index contributed by atoms with van der Waals surface area (Å²) >= 11 is 7.09. The van der Waals surface area contributed by atoms with Crippen molar-refractivity contribution in [3.8, 4) is 33.5 Å². The Kier molecular flexibility index (Phi) is 15.2. The fourth-order valence-electron chi connectivity index (χ4n) is 8.86. The molecule has 0 aliphatic carbocycles. The number of likely N-dealkylation sites (tertiary alicyclic amines) is 1. The first-order valence-electron chi connectivity index (χ1n) is 23.6. The Morgan fingerprint density at radius 1 is 1.01 bits per heavy atom. The van der Waals surface area contributed by atoms with Gasteiger partial charge in [-0.15, -0.1) is 16.4 Å². The molecule has 0 unspecified atom stereocenters. The lowest BCUT2D eigenvalue weighted by molar-refractivity contribution is -0.144. The summed E-state index contributed by atoms with van der Waals surface area (Å²) in [6.07, 6.45) is -3.04. The van der Waals surface area contributed by atoms with Crippen molar-refractivity contribution in [2.75, 3.05) is 16.3 Å². The zero-order chi connectivity index (χ0) is 54.1. The van der Waals surface area contributed by atoms with Crippen molar-refractivity contribution in [2.45, 2.75) is 104 Å². The smallest absolute Gasteiger partial charge is 0.420 e. The first-order valence-corrected chi connectivity index (χ1v) is 24.9. The van der Waals surface area contributed by atoms with Crippen LogP contribution >= 0.6 is 23.6 Å². The van der Waals surface area contributed by atoms with Gasteiger partial charge in [0.15, 0.2) is 10.9 Å². The number of thiocarbonyl (C=S) groups is 1. The predicted octanol–water partition coefficient (Wildman–Crippen LogP) is 7.50. The van der Waals surface area contributed by atoms with Gasteiger partial charge in [0.2, 0.25) is 17.7 Å². The third-order valence-electron chi connectivity index (χ3n) is 12.8. The summed E-state index contributed by atoms with van der Waals surface area (Å²) in [5.41, 5.74) is 0.965. The quantitative estimate of drug-likeness (QED) is 0.0673. The Bertz CT molecular complexity index is 3190. The summed E-state index contributed by atoms with van der Waals surface area (Å²) in [6, 6.07) is 19.1. The molecule has 3 aromatic heterocycles. The van der Waals surface area contributed by atoms with E-state index in [0.29, 0.717) is 33.3 Å². The number of benzene rings is 3. The van der Waals surface area contributed by atoms with Crippen molar-refractivity contribution >= 4 is 63.7 Å². The van der Waals surface area contributed by atoms with Gasteiger partial charge >= 0.3 is 6.18 Å². The van der Waals surface area contributed by atoms with Gasteiger partial charge in [0.1, 0.15) is 41.2 Å². The maximum Gasteiger partial charge on any atom is 0.420 e. The highest BCUT2D eigenvalue weighted by atomic mass is 32.1. The van der Waals surface area contributed by atoms with Crippen LogP contribution in [0.3, 0.4) is 0 Å². The molecule has 0 saturated carbocycles. The SMILES string of the molecule is Cc1ncsc1-c1ccc(CNC(=O)[C@@H]2C[C@@H](O)CN2C(=O)[C@@H](NC(=O)CCn2cc(COc3ccc(-c4ccc(N5C(=S)N(c6ccc(C#N)c(C(F)(F)F)c6F)C(=O)C5(C)C)cn4)cc3)nn2)C(C)(C)C)cc1. The number of aliphatic hydroxyl groups excluding tert-OH is 1. The van der Waals surface area contributed by atoms with Crippen LogP contribution in [0, 0.1) is 29.5 Å². The first kappa shape index (κ1) is 53.6. The Balaban J connectivity index is 0.825. The monoisotopic (exact) mass is 1070 g/mol. The number of β-amino-alcohol motifs (C(OH)–C–C–N with tert-alkyl or cyclic N) is 1. The topological polar surface area (TPSA) is 212 Å². The second kappa shape index (κ2) is 21.3. The predicted molar refractivity (Wildman–Crippen MR) is 273 cm³/mol. The minimum atomic E-state index is -5.21. The fourth-order valence-corrected chi connectivity index (χ4v) is 10.2. The number of thiazole rings is 1. The molecule has 2 aliphatic heterocycles. The summed E-state index contributed by atoms with van der Waals surface area (Å²) < 4.78 is 64.3. The number of pyridine rings is 1. The molecule has 5 heterocycles. The number of carbonyl (C=O) groups is 4. The number of aryl methyl sites for hydroxylation is 2. The van der Waals surface area contributed by atoms with Crippen LogP contribution in [0.2, 0.25) is 0 Å². The number of nitrogens with one attached hydrogen (secondary N) is 2. The maximum absolute atomic E-state index is 15.5. The highest BCUT2D eigenvalue weighted by Gasteiger charge is 2.52. The molecule has 8 rings (SSSR count). The van der Waals surface area contributed by atoms with Gasteiger partial charge < -0.3 is 30.3 Å². The molecule has 0 radical (unpaired) electrons. The van der Waals surface area contributed by atoms with Gasteiger partial charge in [-0.25, -0.2) is 9.37 Å². The normalized spacial score (nSPS) is 17.0. The van der Waals surface area contributed by atoms with E-state index in [9.17, 15) is 42.7 Å². The second-order valence-electron chi connectivity index (χ2n) is 19.6. The molecule has 3 aromatic carbocycles. The van der Waals surface area contributed by atoms with Gasteiger partial charge in [0, 0.05) is 31.5 Å². The lowest BCUT2D eigenvalue weighted by Crippen LogP contribution is -2.57. The number of alkyl halides is 3. The van der Waals surface area contributed by atoms with E-state index in [4.69, 9.17) is 17.0 Å². The van der Waals surface area contributed by atoms with Crippen LogP contribution in [0.4, 0.5) is 28.9 Å². The molecule has 6 aromatic rings. The minimum Gasteiger partial charge on any atom is -0.487 e. The number of hydrogen-bond donors (Lipinski definition) is 3. The lowest BCUT2D eigenvalue weighted by Gasteiger charge is -2.35. The summed E-state index contributed by atoms with van der Waals surface area (Å²) in [5.74, 6) is -3.39. The zero-order valence-corrected chi connectivity index (χ0v) is 43.1. The molecule has 0 bridgehead atoms. The molecular formula is C52H51F4N11O6S2. The van der Waals surface area contributed by atoms with E-state index in [-0.39, 0.29) is 44.2 Å². The molecule has 3 atom stereocenters. The number of halogens is 4. The maximum atomic E-state index is 15.5. The lowest BCUT2D eigenvalue weighted by atomic mass is 9.85. The molecule has 23 heteroatoms. The average molecular weight is 1070 g/mol. The van der Waals surface area contributed by atoms with Gasteiger partial charge in [0.25, 0.3) is 5.91 Å². The van der Waals surface area contributed by atoms with Crippen molar-refractivity contribution in [1.82, 2.24) is 40.5 Å². The van der Waals surface area contributed by atoms with Crippen LogP contribution in [0.15, 0.2) is 90.7 Å². The Morgan fingerprint density at radius 2 is 1.72 bits per heavy atom. The first-order chi connectivity index (χ1) is 35.5. The number of rotatable bonds is 15. The van der Waals surface area contributed by atoms with Crippen molar-refractivity contribution in [1.29, 1.82) is 5.26 Å². The van der Waals surface area contributed by atoms with Gasteiger partial charge in [-0.3, -0.25) is 33.7 Å². The summed E-state index contributed by atoms with van der Waals surface area (Å²) in [4.78, 5) is 67.9. The van der Waals surface area contributed by atoms with Crippen LogP contribution in [-0.2, 0) is 45.1 Å². The molecule has 17 nitrogen and oxygen atoms in total. The molecule has 2 fully saturated rings. The Hall–Kier alpha value is -7.68. The molecular weight excluding hydrogens is 1010 g/mol. The number of aliphatic hydroxyl groups is 1. The number of amides is 4. The van der Waals surface area contributed by atoms with Crippen molar-refractivity contribution in [3.05, 3.63) is 125 Å². The van der Waals surface area contributed by atoms with E-state index in [1.807, 2.05) is 52.0 Å². The molecule has 2 saturated heterocycles. The van der Waals surface area contributed by atoms with E-state index in [2.05, 4.69) is 30.9 Å². The van der Waals surface area contributed by atoms with Gasteiger partial charge in [-0.1, -0.05) is 50.3 Å². The van der Waals surface area contributed by atoms with E-state index in [1.54, 1.807) is 59.4 Å². The molecule has 390 valence electrons.